The van der Waals surface area contributed by atoms with E-state index in [1.165, 1.54) is 43.1 Å². The van der Waals surface area contributed by atoms with Crippen molar-refractivity contribution in [3.8, 4) is 11.4 Å². The summed E-state index contributed by atoms with van der Waals surface area (Å²) in [5.74, 6) is 0.869. The number of hydrogen-bond donors (Lipinski definition) is 1. The van der Waals surface area contributed by atoms with Crippen molar-refractivity contribution in [1.82, 2.24) is 20.2 Å². The van der Waals surface area contributed by atoms with E-state index in [0.29, 0.717) is 5.16 Å². The lowest BCUT2D eigenvalue weighted by molar-refractivity contribution is -0.113. The molecule has 0 atom stereocenters. The quantitative estimate of drug-likeness (QED) is 0.562. The van der Waals surface area contributed by atoms with Gasteiger partial charge in [-0.2, -0.15) is 4.68 Å². The van der Waals surface area contributed by atoms with Crippen LogP contribution in [0, 0.1) is 0 Å². The molecule has 2 aromatic carbocycles. The molecule has 0 aliphatic carbocycles. The molecule has 1 N–H and O–H groups in total. The van der Waals surface area contributed by atoms with E-state index < -0.39 is 0 Å². The topological polar surface area (TPSA) is 85.2 Å². The van der Waals surface area contributed by atoms with E-state index in [4.69, 9.17) is 4.74 Å². The highest BCUT2D eigenvalue weighted by Gasteiger charge is 2.13. The van der Waals surface area contributed by atoms with Crippen molar-refractivity contribution in [2.24, 2.45) is 0 Å². The second-order valence-electron chi connectivity index (χ2n) is 7.36. The third-order valence-corrected chi connectivity index (χ3v) is 6.13. The van der Waals surface area contributed by atoms with E-state index in [9.17, 15) is 4.79 Å². The Hall–Kier alpha value is -3.07. The number of benzene rings is 2. The first-order chi connectivity index (χ1) is 15.2. The third-order valence-electron chi connectivity index (χ3n) is 5.21. The van der Waals surface area contributed by atoms with Gasteiger partial charge in [-0.25, -0.2) is 0 Å². The molecule has 1 aliphatic rings. The zero-order chi connectivity index (χ0) is 21.5. The van der Waals surface area contributed by atoms with Crippen LogP contribution < -0.4 is 15.0 Å². The molecule has 162 valence electrons. The number of methoxy groups -OCH3 is 1. The Morgan fingerprint density at radius 1 is 1.00 bits per heavy atom. The molecule has 0 unspecified atom stereocenters. The van der Waals surface area contributed by atoms with Gasteiger partial charge in [-0.3, -0.25) is 4.79 Å². The lowest BCUT2D eigenvalue weighted by Gasteiger charge is -2.22. The number of amides is 1. The summed E-state index contributed by atoms with van der Waals surface area (Å²) < 4.78 is 6.78. The van der Waals surface area contributed by atoms with Gasteiger partial charge in [-0.1, -0.05) is 24.6 Å². The van der Waals surface area contributed by atoms with E-state index in [1.54, 1.807) is 11.8 Å². The van der Waals surface area contributed by atoms with Gasteiger partial charge in [0.1, 0.15) is 5.75 Å². The largest absolute Gasteiger partial charge is 0.497 e. The summed E-state index contributed by atoms with van der Waals surface area (Å²) in [5, 5.41) is 15.3. The van der Waals surface area contributed by atoms with Crippen molar-refractivity contribution >= 4 is 29.0 Å². The molecule has 1 amide bonds. The molecular weight excluding hydrogens is 412 g/mol. The third kappa shape index (κ3) is 5.55. The van der Waals surface area contributed by atoms with Crippen LogP contribution in [0.5, 0.6) is 5.75 Å². The lowest BCUT2D eigenvalue weighted by Crippen LogP contribution is -2.23. The lowest BCUT2D eigenvalue weighted by atomic mass is 10.2. The van der Waals surface area contributed by atoms with Crippen LogP contribution in [0.25, 0.3) is 5.69 Å². The number of hydrogen-bond acceptors (Lipinski definition) is 7. The number of thioether (sulfide) groups is 1. The molecule has 0 radical (unpaired) electrons. The predicted molar refractivity (Wildman–Crippen MR) is 122 cm³/mol. The number of nitrogens with zero attached hydrogens (tertiary/aromatic N) is 5. The Morgan fingerprint density at radius 2 is 1.68 bits per heavy atom. The average molecular weight is 439 g/mol. The molecule has 9 heteroatoms. The van der Waals surface area contributed by atoms with Crippen LogP contribution in [0.4, 0.5) is 11.4 Å². The van der Waals surface area contributed by atoms with Crippen molar-refractivity contribution in [2.75, 3.05) is 36.2 Å². The molecule has 1 aromatic heterocycles. The van der Waals surface area contributed by atoms with Crippen LogP contribution in [0.1, 0.15) is 25.7 Å². The second kappa shape index (κ2) is 10.3. The van der Waals surface area contributed by atoms with Crippen LogP contribution in [-0.4, -0.2) is 52.1 Å². The van der Waals surface area contributed by atoms with Gasteiger partial charge in [-0.05, 0) is 71.8 Å². The maximum atomic E-state index is 12.4. The summed E-state index contributed by atoms with van der Waals surface area (Å²) in [7, 11) is 1.62. The van der Waals surface area contributed by atoms with Crippen molar-refractivity contribution in [3.05, 3.63) is 48.5 Å². The van der Waals surface area contributed by atoms with Crippen LogP contribution >= 0.6 is 11.8 Å². The first-order valence-electron chi connectivity index (χ1n) is 10.4. The van der Waals surface area contributed by atoms with Crippen molar-refractivity contribution < 1.29 is 9.53 Å². The first kappa shape index (κ1) is 21.2. The number of aromatic nitrogens is 4. The number of carbonyl (C=O) groups excluding carboxylic acids is 1. The Labute approximate surface area is 186 Å². The summed E-state index contributed by atoms with van der Waals surface area (Å²) in [5.41, 5.74) is 2.81. The summed E-state index contributed by atoms with van der Waals surface area (Å²) in [6.07, 6.45) is 5.10. The fourth-order valence-electron chi connectivity index (χ4n) is 3.57. The number of tetrazole rings is 1. The summed E-state index contributed by atoms with van der Waals surface area (Å²) in [6.45, 7) is 2.20. The van der Waals surface area contributed by atoms with Gasteiger partial charge in [0.05, 0.1) is 18.6 Å². The minimum Gasteiger partial charge on any atom is -0.497 e. The summed E-state index contributed by atoms with van der Waals surface area (Å²) in [4.78, 5) is 14.9. The standard InChI is InChI=1S/C22H26N6O2S/c1-30-20-12-10-19(11-13-20)28-22(24-25-26-28)31-16-21(29)23-17-6-8-18(9-7-17)27-14-4-2-3-5-15-27/h6-13H,2-5,14-16H2,1H3,(H,23,29). The van der Waals surface area contributed by atoms with Gasteiger partial charge in [0, 0.05) is 24.5 Å². The van der Waals surface area contributed by atoms with Crippen molar-refractivity contribution in [3.63, 3.8) is 0 Å². The van der Waals surface area contributed by atoms with Gasteiger partial charge in [0.2, 0.25) is 11.1 Å². The van der Waals surface area contributed by atoms with Crippen molar-refractivity contribution in [2.45, 2.75) is 30.8 Å². The Kier molecular flexibility index (Phi) is 7.03. The monoisotopic (exact) mass is 438 g/mol. The van der Waals surface area contributed by atoms with Gasteiger partial charge in [0.15, 0.2) is 0 Å². The highest BCUT2D eigenvalue weighted by Crippen LogP contribution is 2.23. The van der Waals surface area contributed by atoms with Crippen LogP contribution in [0.3, 0.4) is 0 Å². The summed E-state index contributed by atoms with van der Waals surface area (Å²) >= 11 is 1.29. The van der Waals surface area contributed by atoms with E-state index in [2.05, 4.69) is 37.9 Å². The Bertz CT molecular complexity index is 982. The molecule has 0 bridgehead atoms. The molecule has 2 heterocycles. The highest BCUT2D eigenvalue weighted by atomic mass is 32.2. The molecule has 3 aromatic rings. The molecule has 1 fully saturated rings. The van der Waals surface area contributed by atoms with Gasteiger partial charge in [0.25, 0.3) is 0 Å². The molecule has 1 aliphatic heterocycles. The van der Waals surface area contributed by atoms with Crippen molar-refractivity contribution in [1.29, 1.82) is 0 Å². The van der Waals surface area contributed by atoms with E-state index in [1.807, 2.05) is 36.4 Å². The highest BCUT2D eigenvalue weighted by molar-refractivity contribution is 7.99. The minimum absolute atomic E-state index is 0.100. The normalized spacial score (nSPS) is 14.2. The second-order valence-corrected chi connectivity index (χ2v) is 8.30. The molecule has 1 saturated heterocycles. The number of anilines is 2. The van der Waals surface area contributed by atoms with Crippen LogP contribution in [0.2, 0.25) is 0 Å². The fraction of sp³-hybridized carbons (Fsp3) is 0.364. The number of ether oxygens (including phenoxy) is 1. The summed E-state index contributed by atoms with van der Waals surface area (Å²) in [6, 6.07) is 15.5. The van der Waals surface area contributed by atoms with E-state index in [0.717, 1.165) is 30.2 Å². The van der Waals surface area contributed by atoms with E-state index in [-0.39, 0.29) is 11.7 Å². The number of rotatable bonds is 7. The fourth-order valence-corrected chi connectivity index (χ4v) is 4.26. The molecule has 0 spiro atoms. The minimum atomic E-state index is -0.100. The van der Waals surface area contributed by atoms with Gasteiger partial charge in [-0.15, -0.1) is 5.10 Å². The van der Waals surface area contributed by atoms with Crippen LogP contribution in [-0.2, 0) is 4.79 Å². The molecule has 8 nitrogen and oxygen atoms in total. The predicted octanol–water partition coefficient (Wildman–Crippen LogP) is 3.78. The first-order valence-corrected chi connectivity index (χ1v) is 11.4. The maximum Gasteiger partial charge on any atom is 0.234 e. The maximum absolute atomic E-state index is 12.4. The van der Waals surface area contributed by atoms with Crippen LogP contribution in [0.15, 0.2) is 53.7 Å². The number of nitrogens with one attached hydrogen (secondary N) is 1. The molecule has 4 rings (SSSR count). The average Bonchev–Trinajstić information content (AvgIpc) is 3.11. The van der Waals surface area contributed by atoms with Gasteiger partial charge >= 0.3 is 0 Å². The number of carbonyl (C=O) groups is 1. The Balaban J connectivity index is 1.32. The molecule has 0 saturated carbocycles. The SMILES string of the molecule is COc1ccc(-n2nnnc2SCC(=O)Nc2ccc(N3CCCCCC3)cc2)cc1. The van der Waals surface area contributed by atoms with Gasteiger partial charge < -0.3 is 15.0 Å². The zero-order valence-corrected chi connectivity index (χ0v) is 18.3. The molecular formula is C22H26N6O2S. The zero-order valence-electron chi connectivity index (χ0n) is 17.5. The van der Waals surface area contributed by atoms with E-state index >= 15 is 0 Å². The smallest absolute Gasteiger partial charge is 0.234 e. The molecule has 31 heavy (non-hydrogen) atoms. The Morgan fingerprint density at radius 3 is 2.35 bits per heavy atom.